The zero-order valence-electron chi connectivity index (χ0n) is 22.0. The molecule has 4 aromatic carbocycles. The molecule has 190 valence electrons. The van der Waals surface area contributed by atoms with Crippen molar-refractivity contribution < 1.29 is 30.6 Å². The van der Waals surface area contributed by atoms with Crippen LogP contribution in [-0.2, 0) is 10.8 Å². The van der Waals surface area contributed by atoms with Gasteiger partial charge in [0.05, 0.1) is 0 Å². The van der Waals surface area contributed by atoms with E-state index >= 15 is 0 Å². The molecule has 0 saturated heterocycles. The van der Waals surface area contributed by atoms with Gasteiger partial charge in [0.1, 0.15) is 11.5 Å². The van der Waals surface area contributed by atoms with Gasteiger partial charge in [-0.15, -0.1) is 0 Å². The van der Waals surface area contributed by atoms with Crippen molar-refractivity contribution in [2.24, 2.45) is 0 Å². The highest BCUT2D eigenvalue weighted by Crippen LogP contribution is 2.53. The van der Waals surface area contributed by atoms with Crippen LogP contribution in [0.25, 0.3) is 32.7 Å². The second kappa shape index (κ2) is 7.85. The van der Waals surface area contributed by atoms with Gasteiger partial charge in [-0.1, -0.05) is 53.7 Å². The summed E-state index contributed by atoms with van der Waals surface area (Å²) in [7, 11) is 0. The molecule has 4 aromatic rings. The van der Waals surface area contributed by atoms with Crippen LogP contribution in [0.1, 0.15) is 63.8 Å². The fraction of sp³-hybridized carbons (Fsp3) is 0.333. The first-order chi connectivity index (χ1) is 16.5. The van der Waals surface area contributed by atoms with Crippen LogP contribution in [0, 0.1) is 13.8 Å². The molecule has 36 heavy (non-hydrogen) atoms. The maximum atomic E-state index is 11.5. The van der Waals surface area contributed by atoms with Gasteiger partial charge in [-0.05, 0) is 58.7 Å². The van der Waals surface area contributed by atoms with Gasteiger partial charge in [-0.2, -0.15) is 0 Å². The van der Waals surface area contributed by atoms with E-state index in [-0.39, 0.29) is 34.5 Å². The first kappa shape index (κ1) is 25.3. The average Bonchev–Trinajstić information content (AvgIpc) is 2.72. The second-order valence-electron chi connectivity index (χ2n) is 11.8. The summed E-state index contributed by atoms with van der Waals surface area (Å²) in [6.45, 7) is 15.1. The predicted molar refractivity (Wildman–Crippen MR) is 144 cm³/mol. The van der Waals surface area contributed by atoms with Crippen LogP contribution in [0.2, 0.25) is 0 Å². The van der Waals surface area contributed by atoms with Crippen LogP contribution in [-0.4, -0.2) is 30.6 Å². The average molecular weight is 491 g/mol. The third-order valence-electron chi connectivity index (χ3n) is 6.88. The number of phenols is 6. The van der Waals surface area contributed by atoms with Gasteiger partial charge < -0.3 is 30.6 Å². The quantitative estimate of drug-likeness (QED) is 0.158. The van der Waals surface area contributed by atoms with E-state index < -0.39 is 10.8 Å². The molecule has 0 spiro atoms. The Morgan fingerprint density at radius 3 is 1.03 bits per heavy atom. The lowest BCUT2D eigenvalue weighted by atomic mass is 9.79. The van der Waals surface area contributed by atoms with Crippen LogP contribution < -0.4 is 0 Å². The van der Waals surface area contributed by atoms with E-state index in [4.69, 9.17) is 0 Å². The molecule has 0 unspecified atom stereocenters. The number of phenolic OH excluding ortho intramolecular Hbond substituents is 6. The highest BCUT2D eigenvalue weighted by molar-refractivity contribution is 6.06. The zero-order chi connectivity index (χ0) is 27.1. The summed E-state index contributed by atoms with van der Waals surface area (Å²) in [5, 5.41) is 67.1. The molecule has 0 radical (unpaired) electrons. The van der Waals surface area contributed by atoms with E-state index in [1.807, 2.05) is 67.5 Å². The molecule has 6 N–H and O–H groups in total. The van der Waals surface area contributed by atoms with Crippen molar-refractivity contribution in [3.8, 4) is 45.6 Å². The maximum absolute atomic E-state index is 11.5. The Balaban J connectivity index is 2.17. The van der Waals surface area contributed by atoms with E-state index in [0.717, 1.165) is 0 Å². The van der Waals surface area contributed by atoms with E-state index in [1.54, 1.807) is 0 Å². The Hall–Kier alpha value is -3.80. The third kappa shape index (κ3) is 3.63. The Morgan fingerprint density at radius 2 is 0.750 bits per heavy atom. The van der Waals surface area contributed by atoms with E-state index in [0.29, 0.717) is 54.9 Å². The Kier molecular flexibility index (Phi) is 5.52. The van der Waals surface area contributed by atoms with Gasteiger partial charge in [0, 0.05) is 33.0 Å². The topological polar surface area (TPSA) is 121 Å². The third-order valence-corrected chi connectivity index (χ3v) is 6.88. The number of rotatable bonds is 1. The minimum absolute atomic E-state index is 0.136. The molecule has 0 bridgehead atoms. The van der Waals surface area contributed by atoms with Gasteiger partial charge in [-0.3, -0.25) is 0 Å². The van der Waals surface area contributed by atoms with Gasteiger partial charge in [0.2, 0.25) is 0 Å². The normalized spacial score (nSPS) is 12.6. The fourth-order valence-corrected chi connectivity index (χ4v) is 5.41. The van der Waals surface area contributed by atoms with Gasteiger partial charge in [-0.25, -0.2) is 0 Å². The number of hydrogen-bond donors (Lipinski definition) is 6. The smallest absolute Gasteiger partial charge is 0.161 e. The highest BCUT2D eigenvalue weighted by atomic mass is 16.3. The molecule has 0 heterocycles. The molecule has 0 aliphatic rings. The largest absolute Gasteiger partial charge is 0.507 e. The summed E-state index contributed by atoms with van der Waals surface area (Å²) >= 11 is 0. The molecule has 6 nitrogen and oxygen atoms in total. The summed E-state index contributed by atoms with van der Waals surface area (Å²) in [5.74, 6) is -1.41. The number of hydrogen-bond acceptors (Lipinski definition) is 6. The molecule has 0 aliphatic heterocycles. The van der Waals surface area contributed by atoms with Crippen LogP contribution in [0.4, 0.5) is 0 Å². The highest BCUT2D eigenvalue weighted by Gasteiger charge is 2.30. The first-order valence-electron chi connectivity index (χ1n) is 11.9. The Bertz CT molecular complexity index is 1450. The van der Waals surface area contributed by atoms with Crippen molar-refractivity contribution in [2.45, 2.75) is 66.2 Å². The molecular weight excluding hydrogens is 456 g/mol. The molecule has 0 amide bonds. The lowest BCUT2D eigenvalue weighted by Gasteiger charge is -2.26. The molecule has 0 aromatic heterocycles. The Labute approximate surface area is 210 Å². The maximum Gasteiger partial charge on any atom is 0.161 e. The monoisotopic (exact) mass is 490 g/mol. The molecule has 0 atom stereocenters. The predicted octanol–water partition coefficient (Wildman–Crippen LogP) is 7.11. The minimum atomic E-state index is -0.522. The van der Waals surface area contributed by atoms with Gasteiger partial charge in [0.25, 0.3) is 0 Å². The van der Waals surface area contributed by atoms with Gasteiger partial charge in [0.15, 0.2) is 23.0 Å². The summed E-state index contributed by atoms with van der Waals surface area (Å²) in [6, 6.07) is 6.32. The van der Waals surface area contributed by atoms with Crippen LogP contribution in [0.3, 0.4) is 0 Å². The minimum Gasteiger partial charge on any atom is -0.507 e. The van der Waals surface area contributed by atoms with Crippen molar-refractivity contribution in [3.05, 3.63) is 46.5 Å². The number of aryl methyl sites for hydroxylation is 2. The Morgan fingerprint density at radius 1 is 0.444 bits per heavy atom. The van der Waals surface area contributed by atoms with Gasteiger partial charge >= 0.3 is 0 Å². The lowest BCUT2D eigenvalue weighted by molar-refractivity contribution is 0.390. The molecular formula is C30H34O6. The summed E-state index contributed by atoms with van der Waals surface area (Å²) < 4.78 is 0. The zero-order valence-corrected chi connectivity index (χ0v) is 22.0. The fourth-order valence-electron chi connectivity index (χ4n) is 5.41. The number of aromatic hydroxyl groups is 6. The van der Waals surface area contributed by atoms with Crippen LogP contribution in [0.5, 0.6) is 34.5 Å². The summed E-state index contributed by atoms with van der Waals surface area (Å²) in [4.78, 5) is 0. The molecule has 0 fully saturated rings. The molecule has 0 aliphatic carbocycles. The van der Waals surface area contributed by atoms with Crippen molar-refractivity contribution in [2.75, 3.05) is 0 Å². The standard InChI is InChI=1S/C30H34O6/c1-13-9-15-17(11-19(31)27(35)23(15)29(3,4)5)25(33)21(13)22-14(2)10-16-18(26(22)34)12-20(32)28(36)24(16)30(6,7)8/h9-12,31-36H,1-8H3. The van der Waals surface area contributed by atoms with Crippen molar-refractivity contribution in [1.29, 1.82) is 0 Å². The van der Waals surface area contributed by atoms with E-state index in [1.165, 1.54) is 12.1 Å². The summed E-state index contributed by atoms with van der Waals surface area (Å²) in [5.41, 5.74) is 2.06. The lowest BCUT2D eigenvalue weighted by Crippen LogP contribution is -2.12. The van der Waals surface area contributed by atoms with Crippen LogP contribution in [0.15, 0.2) is 24.3 Å². The van der Waals surface area contributed by atoms with Crippen molar-refractivity contribution in [1.82, 2.24) is 0 Å². The van der Waals surface area contributed by atoms with Crippen LogP contribution >= 0.6 is 0 Å². The molecule has 6 heteroatoms. The SMILES string of the molecule is Cc1cc2c(C(C)(C)C)c(O)c(O)cc2c(O)c1-c1c(C)cc2c(C(C)(C)C)c(O)c(O)cc2c1O. The number of benzene rings is 4. The van der Waals surface area contributed by atoms with E-state index in [9.17, 15) is 30.6 Å². The molecule has 0 saturated carbocycles. The molecule has 4 rings (SSSR count). The number of fused-ring (bicyclic) bond motifs is 2. The van der Waals surface area contributed by atoms with E-state index in [2.05, 4.69) is 0 Å². The first-order valence-corrected chi connectivity index (χ1v) is 11.9. The summed E-state index contributed by atoms with van der Waals surface area (Å²) in [6.07, 6.45) is 0. The van der Waals surface area contributed by atoms with Crippen molar-refractivity contribution >= 4 is 21.5 Å². The van der Waals surface area contributed by atoms with Crippen molar-refractivity contribution in [3.63, 3.8) is 0 Å². The second-order valence-corrected chi connectivity index (χ2v) is 11.8.